The largest absolute Gasteiger partial charge is 0.344 e. The van der Waals surface area contributed by atoms with Gasteiger partial charge in [0.25, 0.3) is 5.91 Å². The number of amides is 2. The Morgan fingerprint density at radius 3 is 2.65 bits per heavy atom. The third-order valence-electron chi connectivity index (χ3n) is 5.19. The van der Waals surface area contributed by atoms with E-state index in [0.717, 1.165) is 12.8 Å². The van der Waals surface area contributed by atoms with Crippen molar-refractivity contribution < 1.29 is 9.59 Å². The Kier molecular flexibility index (Phi) is 4.29. The second-order valence-electron chi connectivity index (χ2n) is 6.97. The normalized spacial score (nSPS) is 19.1. The number of carbonyl (C=O) groups is 2. The molecule has 1 aliphatic heterocycles. The van der Waals surface area contributed by atoms with Crippen molar-refractivity contribution in [1.29, 1.82) is 5.26 Å². The van der Waals surface area contributed by atoms with Crippen molar-refractivity contribution in [3.8, 4) is 6.07 Å². The highest BCUT2D eigenvalue weighted by atomic mass is 16.2. The summed E-state index contributed by atoms with van der Waals surface area (Å²) < 4.78 is 0. The van der Waals surface area contributed by atoms with Crippen molar-refractivity contribution in [2.24, 2.45) is 11.8 Å². The van der Waals surface area contributed by atoms with Gasteiger partial charge in [-0.05, 0) is 31.6 Å². The van der Waals surface area contributed by atoms with Gasteiger partial charge >= 0.3 is 0 Å². The van der Waals surface area contributed by atoms with Crippen LogP contribution in [-0.2, 0) is 4.79 Å². The average molecular weight is 352 g/mol. The predicted octanol–water partition coefficient (Wildman–Crippen LogP) is 1.23. The van der Waals surface area contributed by atoms with Crippen LogP contribution in [0, 0.1) is 23.2 Å². The maximum absolute atomic E-state index is 12.9. The number of aromatic amines is 1. The van der Waals surface area contributed by atoms with E-state index in [4.69, 9.17) is 5.26 Å². The van der Waals surface area contributed by atoms with Crippen molar-refractivity contribution >= 4 is 23.0 Å². The predicted molar refractivity (Wildman–Crippen MR) is 92.8 cm³/mol. The molecule has 8 heteroatoms. The Labute approximate surface area is 150 Å². The number of H-pyrrole nitrogens is 1. The first-order chi connectivity index (χ1) is 12.7. The lowest BCUT2D eigenvalue weighted by Crippen LogP contribution is -2.51. The number of carbonyl (C=O) groups excluding carboxylic acids is 2. The van der Waals surface area contributed by atoms with Crippen LogP contribution in [0.2, 0.25) is 0 Å². The van der Waals surface area contributed by atoms with Gasteiger partial charge in [0.1, 0.15) is 11.6 Å². The average Bonchev–Trinajstić information content (AvgIpc) is 3.43. The Bertz CT molecular complexity index is 873. The number of nitrogens with zero attached hydrogens (tertiary/aromatic N) is 4. The highest BCUT2D eigenvalue weighted by Crippen LogP contribution is 2.34. The summed E-state index contributed by atoms with van der Waals surface area (Å²) in [6.45, 7) is 1.16. The van der Waals surface area contributed by atoms with Crippen LogP contribution in [-0.4, -0.2) is 50.8 Å². The van der Waals surface area contributed by atoms with Gasteiger partial charge in [0.15, 0.2) is 5.65 Å². The van der Waals surface area contributed by atoms with Gasteiger partial charge in [-0.2, -0.15) is 5.26 Å². The van der Waals surface area contributed by atoms with Crippen molar-refractivity contribution in [3.05, 3.63) is 24.2 Å². The standard InChI is InChI=1S/C18H20N6O2/c19-9-11-3-7-24(8-4-11)18(26)14(12-1-2-12)23-17(25)13-10-22-16-15(13)20-5-6-21-16/h5-6,10-12,14H,1-4,7-8H2,(H,21,22)(H,23,25)/t14-/m1/s1. The van der Waals surface area contributed by atoms with Crippen LogP contribution in [0.15, 0.2) is 18.6 Å². The molecule has 2 aromatic heterocycles. The van der Waals surface area contributed by atoms with E-state index < -0.39 is 6.04 Å². The Hall–Kier alpha value is -2.95. The molecule has 0 aromatic carbocycles. The zero-order valence-corrected chi connectivity index (χ0v) is 14.3. The van der Waals surface area contributed by atoms with Crippen LogP contribution in [0.25, 0.3) is 11.2 Å². The van der Waals surface area contributed by atoms with Crippen LogP contribution >= 0.6 is 0 Å². The number of likely N-dealkylation sites (tertiary alicyclic amines) is 1. The molecule has 26 heavy (non-hydrogen) atoms. The van der Waals surface area contributed by atoms with E-state index in [9.17, 15) is 9.59 Å². The Morgan fingerprint density at radius 1 is 1.23 bits per heavy atom. The summed E-state index contributed by atoms with van der Waals surface area (Å²) in [4.78, 5) is 38.7. The van der Waals surface area contributed by atoms with Gasteiger partial charge < -0.3 is 15.2 Å². The maximum Gasteiger partial charge on any atom is 0.255 e. The van der Waals surface area contributed by atoms with Gasteiger partial charge in [0, 0.05) is 37.6 Å². The van der Waals surface area contributed by atoms with Crippen molar-refractivity contribution in [2.75, 3.05) is 13.1 Å². The molecule has 0 bridgehead atoms. The smallest absolute Gasteiger partial charge is 0.255 e. The van der Waals surface area contributed by atoms with Gasteiger partial charge in [0.2, 0.25) is 5.91 Å². The fourth-order valence-electron chi connectivity index (χ4n) is 3.48. The number of rotatable bonds is 4. The first-order valence-corrected chi connectivity index (χ1v) is 8.94. The summed E-state index contributed by atoms with van der Waals surface area (Å²) in [5.41, 5.74) is 1.45. The van der Waals surface area contributed by atoms with E-state index in [1.165, 1.54) is 6.20 Å². The summed E-state index contributed by atoms with van der Waals surface area (Å²) >= 11 is 0. The second-order valence-corrected chi connectivity index (χ2v) is 6.97. The number of nitriles is 1. The van der Waals surface area contributed by atoms with Gasteiger partial charge in [-0.1, -0.05) is 0 Å². The number of nitrogens with one attached hydrogen (secondary N) is 2. The van der Waals surface area contributed by atoms with E-state index in [2.05, 4.69) is 26.3 Å². The minimum atomic E-state index is -0.511. The van der Waals surface area contributed by atoms with Gasteiger partial charge in [-0.15, -0.1) is 0 Å². The fraction of sp³-hybridized carbons (Fsp3) is 0.500. The summed E-state index contributed by atoms with van der Waals surface area (Å²) in [7, 11) is 0. The van der Waals surface area contributed by atoms with Crippen LogP contribution in [0.3, 0.4) is 0 Å². The zero-order chi connectivity index (χ0) is 18.1. The molecule has 2 aliphatic rings. The molecule has 2 N–H and O–H groups in total. The molecule has 134 valence electrons. The molecule has 2 aromatic rings. The molecule has 3 heterocycles. The molecular formula is C18H20N6O2. The number of piperidine rings is 1. The minimum absolute atomic E-state index is 0.0258. The lowest BCUT2D eigenvalue weighted by Gasteiger charge is -2.32. The number of aromatic nitrogens is 3. The number of hydrogen-bond acceptors (Lipinski definition) is 5. The third-order valence-corrected chi connectivity index (χ3v) is 5.19. The molecule has 1 aliphatic carbocycles. The second kappa shape index (κ2) is 6.75. The van der Waals surface area contributed by atoms with Crippen molar-refractivity contribution in [1.82, 2.24) is 25.2 Å². The Morgan fingerprint density at radius 2 is 1.96 bits per heavy atom. The molecule has 8 nitrogen and oxygen atoms in total. The lowest BCUT2D eigenvalue weighted by molar-refractivity contribution is -0.135. The van der Waals surface area contributed by atoms with E-state index >= 15 is 0 Å². The summed E-state index contributed by atoms with van der Waals surface area (Å²) in [5.74, 6) is -0.133. The molecule has 1 saturated carbocycles. The molecular weight excluding hydrogens is 332 g/mol. The first-order valence-electron chi connectivity index (χ1n) is 8.94. The highest BCUT2D eigenvalue weighted by molar-refractivity contribution is 6.05. The van der Waals surface area contributed by atoms with Crippen LogP contribution in [0.5, 0.6) is 0 Å². The van der Waals surface area contributed by atoms with Gasteiger partial charge in [-0.3, -0.25) is 14.6 Å². The summed E-state index contributed by atoms with van der Waals surface area (Å²) in [5, 5.41) is 11.9. The van der Waals surface area contributed by atoms with E-state index in [0.29, 0.717) is 42.7 Å². The minimum Gasteiger partial charge on any atom is -0.344 e. The fourth-order valence-corrected chi connectivity index (χ4v) is 3.48. The lowest BCUT2D eigenvalue weighted by atomic mass is 9.97. The van der Waals surface area contributed by atoms with Gasteiger partial charge in [-0.25, -0.2) is 4.98 Å². The topological polar surface area (TPSA) is 115 Å². The van der Waals surface area contributed by atoms with Crippen LogP contribution < -0.4 is 5.32 Å². The quantitative estimate of drug-likeness (QED) is 0.859. The summed E-state index contributed by atoms with van der Waals surface area (Å²) in [6, 6.07) is 1.76. The Balaban J connectivity index is 1.48. The number of fused-ring (bicyclic) bond motifs is 1. The summed E-state index contributed by atoms with van der Waals surface area (Å²) in [6.07, 6.45) is 7.96. The maximum atomic E-state index is 12.9. The van der Waals surface area contributed by atoms with E-state index in [-0.39, 0.29) is 23.7 Å². The van der Waals surface area contributed by atoms with Crippen LogP contribution in [0.1, 0.15) is 36.0 Å². The number of hydrogen-bond donors (Lipinski definition) is 2. The molecule has 0 spiro atoms. The molecule has 0 radical (unpaired) electrons. The van der Waals surface area contributed by atoms with Crippen LogP contribution in [0.4, 0.5) is 0 Å². The highest BCUT2D eigenvalue weighted by Gasteiger charge is 2.40. The molecule has 0 unspecified atom stereocenters. The molecule has 1 saturated heterocycles. The SMILES string of the molecule is N#CC1CCN(C(=O)[C@H](NC(=O)c2c[nH]c3nccnc23)C2CC2)CC1. The van der Waals surface area contributed by atoms with Gasteiger partial charge in [0.05, 0.1) is 11.6 Å². The molecule has 2 amide bonds. The zero-order valence-electron chi connectivity index (χ0n) is 14.3. The van der Waals surface area contributed by atoms with E-state index in [1.807, 2.05) is 0 Å². The first kappa shape index (κ1) is 16.5. The molecule has 4 rings (SSSR count). The van der Waals surface area contributed by atoms with Crippen molar-refractivity contribution in [2.45, 2.75) is 31.7 Å². The monoisotopic (exact) mass is 352 g/mol. The third kappa shape index (κ3) is 3.12. The van der Waals surface area contributed by atoms with E-state index in [1.54, 1.807) is 17.3 Å². The van der Waals surface area contributed by atoms with Crippen molar-refractivity contribution in [3.63, 3.8) is 0 Å². The molecule has 1 atom stereocenters. The molecule has 2 fully saturated rings.